The van der Waals surface area contributed by atoms with Crippen molar-refractivity contribution in [3.63, 3.8) is 0 Å². The molecule has 1 fully saturated rings. The van der Waals surface area contributed by atoms with Gasteiger partial charge < -0.3 is 14.8 Å². The van der Waals surface area contributed by atoms with E-state index < -0.39 is 0 Å². The molecule has 1 aliphatic heterocycles. The minimum atomic E-state index is -0.00658. The average molecular weight is 454 g/mol. The van der Waals surface area contributed by atoms with E-state index in [1.54, 1.807) is 0 Å². The van der Waals surface area contributed by atoms with Gasteiger partial charge in [0.2, 0.25) is 5.91 Å². The highest BCUT2D eigenvalue weighted by molar-refractivity contribution is 5.95. The molecule has 6 heteroatoms. The van der Waals surface area contributed by atoms with Gasteiger partial charge in [0.1, 0.15) is 6.54 Å². The van der Waals surface area contributed by atoms with Gasteiger partial charge in [-0.15, -0.1) is 0 Å². The number of nitrogens with one attached hydrogen (secondary N) is 1. The van der Waals surface area contributed by atoms with Gasteiger partial charge in [-0.1, -0.05) is 30.3 Å². The van der Waals surface area contributed by atoms with Gasteiger partial charge in [0, 0.05) is 56.3 Å². The number of carbonyl (C=O) groups is 1. The number of rotatable bonds is 7. The van der Waals surface area contributed by atoms with Crippen molar-refractivity contribution in [1.82, 2.24) is 14.5 Å². The van der Waals surface area contributed by atoms with Gasteiger partial charge in [-0.25, -0.2) is 0 Å². The first-order chi connectivity index (χ1) is 16.7. The first kappa shape index (κ1) is 22.2. The standard InChI is InChI=1S/C28H31N5O/c1-22-20-24-6-2-4-8-26(24)33(22)21-28(34)30-25-7-3-5-9-27(25)32-18-16-31(17-19-32)15-12-23-10-13-29-14-11-23/h2-11,13-14,20H,12,15-19,21H2,1H3,(H,30,34). The van der Waals surface area contributed by atoms with Crippen molar-refractivity contribution in [2.75, 3.05) is 42.9 Å². The third kappa shape index (κ3) is 4.97. The number of anilines is 2. The maximum absolute atomic E-state index is 13.0. The number of hydrogen-bond donors (Lipinski definition) is 1. The topological polar surface area (TPSA) is 53.4 Å². The SMILES string of the molecule is Cc1cc2ccccc2n1CC(=O)Nc1ccccc1N1CCN(CCc2ccncc2)CC1. The van der Waals surface area contributed by atoms with Crippen molar-refractivity contribution in [1.29, 1.82) is 0 Å². The highest BCUT2D eigenvalue weighted by Gasteiger charge is 2.20. The summed E-state index contributed by atoms with van der Waals surface area (Å²) >= 11 is 0. The van der Waals surface area contributed by atoms with E-state index in [2.05, 4.69) is 68.0 Å². The number of benzene rings is 2. The summed E-state index contributed by atoms with van der Waals surface area (Å²) in [5.74, 6) is -0.00658. The molecule has 1 aliphatic rings. The monoisotopic (exact) mass is 453 g/mol. The van der Waals surface area contributed by atoms with Crippen LogP contribution in [0.1, 0.15) is 11.3 Å². The Bertz CT molecular complexity index is 1260. The summed E-state index contributed by atoms with van der Waals surface area (Å²) in [6.07, 6.45) is 4.76. The molecule has 34 heavy (non-hydrogen) atoms. The molecule has 2 aromatic carbocycles. The largest absolute Gasteiger partial charge is 0.367 e. The van der Waals surface area contributed by atoms with Crippen LogP contribution in [0.15, 0.2) is 79.1 Å². The Morgan fingerprint density at radius 1 is 0.941 bits per heavy atom. The Labute approximate surface area is 200 Å². The molecule has 1 N–H and O–H groups in total. The van der Waals surface area contributed by atoms with E-state index in [1.807, 2.05) is 42.7 Å². The van der Waals surface area contributed by atoms with Crippen LogP contribution in [0.3, 0.4) is 0 Å². The van der Waals surface area contributed by atoms with Crippen LogP contribution in [0.2, 0.25) is 0 Å². The van der Waals surface area contributed by atoms with Crippen LogP contribution >= 0.6 is 0 Å². The maximum Gasteiger partial charge on any atom is 0.244 e. The number of aromatic nitrogens is 2. The first-order valence-electron chi connectivity index (χ1n) is 12.0. The third-order valence-corrected chi connectivity index (χ3v) is 6.68. The number of aryl methyl sites for hydroxylation is 1. The molecule has 1 saturated heterocycles. The lowest BCUT2D eigenvalue weighted by Gasteiger charge is -2.37. The molecule has 0 radical (unpaired) electrons. The number of amides is 1. The lowest BCUT2D eigenvalue weighted by Crippen LogP contribution is -2.47. The normalized spacial score (nSPS) is 14.4. The number of piperazine rings is 1. The Kier molecular flexibility index (Phi) is 6.58. The zero-order chi connectivity index (χ0) is 23.3. The predicted octanol–water partition coefficient (Wildman–Crippen LogP) is 4.35. The molecule has 0 unspecified atom stereocenters. The second-order valence-electron chi connectivity index (χ2n) is 8.93. The maximum atomic E-state index is 13.0. The number of pyridine rings is 1. The van der Waals surface area contributed by atoms with E-state index in [0.717, 1.165) is 67.1 Å². The number of nitrogens with zero attached hydrogens (tertiary/aromatic N) is 4. The number of para-hydroxylation sites is 3. The lowest BCUT2D eigenvalue weighted by atomic mass is 10.1. The Hall–Kier alpha value is -3.64. The summed E-state index contributed by atoms with van der Waals surface area (Å²) < 4.78 is 2.08. The molecule has 0 aliphatic carbocycles. The fourth-order valence-electron chi connectivity index (χ4n) is 4.80. The minimum Gasteiger partial charge on any atom is -0.367 e. The Morgan fingerprint density at radius 2 is 1.68 bits per heavy atom. The average Bonchev–Trinajstić information content (AvgIpc) is 3.19. The van der Waals surface area contributed by atoms with Gasteiger partial charge in [-0.2, -0.15) is 0 Å². The summed E-state index contributed by atoms with van der Waals surface area (Å²) in [7, 11) is 0. The summed E-state index contributed by atoms with van der Waals surface area (Å²) in [6.45, 7) is 7.34. The van der Waals surface area contributed by atoms with E-state index >= 15 is 0 Å². The van der Waals surface area contributed by atoms with Crippen molar-refractivity contribution in [3.8, 4) is 0 Å². The van der Waals surface area contributed by atoms with Crippen LogP contribution in [-0.2, 0) is 17.8 Å². The van der Waals surface area contributed by atoms with Crippen molar-refractivity contribution in [2.24, 2.45) is 0 Å². The third-order valence-electron chi connectivity index (χ3n) is 6.68. The quantitative estimate of drug-likeness (QED) is 0.452. The lowest BCUT2D eigenvalue weighted by molar-refractivity contribution is -0.116. The minimum absolute atomic E-state index is 0.00658. The van der Waals surface area contributed by atoms with E-state index in [9.17, 15) is 4.79 Å². The van der Waals surface area contributed by atoms with Gasteiger partial charge in [0.15, 0.2) is 0 Å². The number of carbonyl (C=O) groups excluding carboxylic acids is 1. The van der Waals surface area contributed by atoms with Crippen LogP contribution in [0.5, 0.6) is 0 Å². The fraction of sp³-hybridized carbons (Fsp3) is 0.286. The summed E-state index contributed by atoms with van der Waals surface area (Å²) in [5, 5.41) is 4.34. The van der Waals surface area contributed by atoms with Crippen LogP contribution in [0, 0.1) is 6.92 Å². The number of hydrogen-bond acceptors (Lipinski definition) is 4. The Morgan fingerprint density at radius 3 is 2.50 bits per heavy atom. The van der Waals surface area contributed by atoms with Crippen molar-refractivity contribution < 1.29 is 4.79 Å². The van der Waals surface area contributed by atoms with Gasteiger partial charge >= 0.3 is 0 Å². The van der Waals surface area contributed by atoms with Crippen LogP contribution in [-0.4, -0.2) is 53.1 Å². The molecule has 4 aromatic rings. The second-order valence-corrected chi connectivity index (χ2v) is 8.93. The van der Waals surface area contributed by atoms with Gasteiger partial charge in [-0.05, 0) is 60.7 Å². The van der Waals surface area contributed by atoms with Crippen LogP contribution in [0.25, 0.3) is 10.9 Å². The molecule has 0 spiro atoms. The van der Waals surface area contributed by atoms with Crippen LogP contribution < -0.4 is 10.2 Å². The molecule has 1 amide bonds. The molecule has 0 saturated carbocycles. The molecule has 6 nitrogen and oxygen atoms in total. The second kappa shape index (κ2) is 10.1. The first-order valence-corrected chi connectivity index (χ1v) is 12.0. The molecule has 0 bridgehead atoms. The van der Waals surface area contributed by atoms with Gasteiger partial charge in [0.05, 0.1) is 11.4 Å². The Balaban J connectivity index is 1.21. The predicted molar refractivity (Wildman–Crippen MR) is 138 cm³/mol. The number of fused-ring (bicyclic) bond motifs is 1. The molecular formula is C28H31N5O. The molecule has 174 valence electrons. The van der Waals surface area contributed by atoms with E-state index in [4.69, 9.17) is 0 Å². The van der Waals surface area contributed by atoms with Crippen molar-refractivity contribution in [2.45, 2.75) is 19.9 Å². The highest BCUT2D eigenvalue weighted by atomic mass is 16.1. The van der Waals surface area contributed by atoms with Gasteiger partial charge in [-0.3, -0.25) is 14.7 Å². The smallest absolute Gasteiger partial charge is 0.244 e. The van der Waals surface area contributed by atoms with E-state index in [1.165, 1.54) is 5.56 Å². The fourth-order valence-corrected chi connectivity index (χ4v) is 4.80. The van der Waals surface area contributed by atoms with E-state index in [-0.39, 0.29) is 5.91 Å². The molecule has 0 atom stereocenters. The van der Waals surface area contributed by atoms with Crippen LogP contribution in [0.4, 0.5) is 11.4 Å². The van der Waals surface area contributed by atoms with Crippen molar-refractivity contribution >= 4 is 28.2 Å². The molecule has 3 heterocycles. The summed E-state index contributed by atoms with van der Waals surface area (Å²) in [6, 6.07) is 22.7. The van der Waals surface area contributed by atoms with Gasteiger partial charge in [0.25, 0.3) is 0 Å². The van der Waals surface area contributed by atoms with Crippen molar-refractivity contribution in [3.05, 3.63) is 90.4 Å². The summed E-state index contributed by atoms with van der Waals surface area (Å²) in [4.78, 5) is 22.0. The molecular weight excluding hydrogens is 422 g/mol. The zero-order valence-corrected chi connectivity index (χ0v) is 19.7. The molecule has 2 aromatic heterocycles. The highest BCUT2D eigenvalue weighted by Crippen LogP contribution is 2.27. The van der Waals surface area contributed by atoms with E-state index in [0.29, 0.717) is 6.54 Å². The molecule has 5 rings (SSSR count). The zero-order valence-electron chi connectivity index (χ0n) is 19.7. The summed E-state index contributed by atoms with van der Waals surface area (Å²) in [5.41, 5.74) is 5.49.